The first-order valence-corrected chi connectivity index (χ1v) is 14.0. The number of aromatic nitrogens is 2. The number of amides is 1. The minimum Gasteiger partial charge on any atom is -0.342 e. The molecule has 34 heavy (non-hydrogen) atoms. The SMILES string of the molecule is CCC(C)C(=O)N1CCC2(CCC(c3cnc(N4C5CCC4CN(C(C)C)C5)nc3)CC2)CC1. The second-order valence-electron chi connectivity index (χ2n) is 12.1. The van der Waals surface area contributed by atoms with Crippen LogP contribution in [0.2, 0.25) is 0 Å². The monoisotopic (exact) mass is 467 g/mol. The number of fused-ring (bicyclic) bond motifs is 2. The van der Waals surface area contributed by atoms with E-state index >= 15 is 0 Å². The standard InChI is InChI=1S/C28H45N5O/c1-5-21(4)26(34)31-14-12-28(13-15-31)10-8-22(9-11-28)23-16-29-27(30-17-23)33-24-6-7-25(33)19-32(18-24)20(2)3/h16-17,20-22,24-25H,5-15,18-19H2,1-4H3. The minimum atomic E-state index is 0.169. The molecule has 4 aliphatic rings. The van der Waals surface area contributed by atoms with Crippen LogP contribution in [-0.2, 0) is 4.79 Å². The van der Waals surface area contributed by atoms with Gasteiger partial charge in [-0.05, 0) is 88.5 Å². The molecule has 2 bridgehead atoms. The van der Waals surface area contributed by atoms with Crippen LogP contribution < -0.4 is 4.90 Å². The van der Waals surface area contributed by atoms with Crippen molar-refractivity contribution >= 4 is 11.9 Å². The molecular formula is C28H45N5O. The third-order valence-electron chi connectivity index (χ3n) is 9.82. The van der Waals surface area contributed by atoms with Crippen molar-refractivity contribution in [2.75, 3.05) is 31.1 Å². The first-order valence-electron chi connectivity index (χ1n) is 14.0. The number of carbonyl (C=O) groups is 1. The summed E-state index contributed by atoms with van der Waals surface area (Å²) in [6.45, 7) is 13.0. The highest BCUT2D eigenvalue weighted by Crippen LogP contribution is 2.49. The molecule has 1 aliphatic carbocycles. The summed E-state index contributed by atoms with van der Waals surface area (Å²) in [4.78, 5) is 29.6. The van der Waals surface area contributed by atoms with Crippen LogP contribution in [0.1, 0.15) is 97.0 Å². The number of likely N-dealkylation sites (tertiary alicyclic amines) is 2. The molecule has 4 fully saturated rings. The minimum absolute atomic E-state index is 0.169. The lowest BCUT2D eigenvalue weighted by Crippen LogP contribution is -2.56. The number of piperidine rings is 1. The van der Waals surface area contributed by atoms with E-state index < -0.39 is 0 Å². The molecule has 3 atom stereocenters. The van der Waals surface area contributed by atoms with E-state index in [0.717, 1.165) is 38.5 Å². The Morgan fingerprint density at radius 3 is 2.09 bits per heavy atom. The summed E-state index contributed by atoms with van der Waals surface area (Å²) < 4.78 is 0. The highest BCUT2D eigenvalue weighted by Gasteiger charge is 2.42. The zero-order chi connectivity index (χ0) is 23.9. The molecule has 1 aromatic rings. The Labute approximate surface area is 206 Å². The van der Waals surface area contributed by atoms with Crippen molar-refractivity contribution in [2.45, 2.75) is 110 Å². The summed E-state index contributed by atoms with van der Waals surface area (Å²) >= 11 is 0. The zero-order valence-electron chi connectivity index (χ0n) is 21.9. The predicted octanol–water partition coefficient (Wildman–Crippen LogP) is 4.85. The van der Waals surface area contributed by atoms with E-state index in [1.165, 1.54) is 56.9 Å². The molecule has 3 unspecified atom stereocenters. The Kier molecular flexibility index (Phi) is 6.89. The number of piperazine rings is 1. The molecule has 4 heterocycles. The Balaban J connectivity index is 1.15. The van der Waals surface area contributed by atoms with Gasteiger partial charge in [0.1, 0.15) is 0 Å². The summed E-state index contributed by atoms with van der Waals surface area (Å²) in [5, 5.41) is 0. The molecule has 1 spiro atoms. The Morgan fingerprint density at radius 1 is 0.971 bits per heavy atom. The molecule has 1 aromatic heterocycles. The van der Waals surface area contributed by atoms with Crippen molar-refractivity contribution in [1.29, 1.82) is 0 Å². The molecular weight excluding hydrogens is 422 g/mol. The average molecular weight is 468 g/mol. The lowest BCUT2D eigenvalue weighted by molar-refractivity contribution is -0.137. The van der Waals surface area contributed by atoms with Crippen molar-refractivity contribution in [1.82, 2.24) is 19.8 Å². The third-order valence-corrected chi connectivity index (χ3v) is 9.82. The number of hydrogen-bond donors (Lipinski definition) is 0. The van der Waals surface area contributed by atoms with Crippen LogP contribution in [0.5, 0.6) is 0 Å². The normalized spacial score (nSPS) is 28.6. The number of rotatable bonds is 5. The Hall–Kier alpha value is -1.69. The Morgan fingerprint density at radius 2 is 1.56 bits per heavy atom. The number of nitrogens with zero attached hydrogens (tertiary/aromatic N) is 5. The number of carbonyl (C=O) groups excluding carboxylic acids is 1. The first-order chi connectivity index (χ1) is 16.4. The molecule has 0 aromatic carbocycles. The van der Waals surface area contributed by atoms with Gasteiger partial charge in [0.05, 0.1) is 0 Å². The van der Waals surface area contributed by atoms with Crippen LogP contribution >= 0.6 is 0 Å². The van der Waals surface area contributed by atoms with Crippen molar-refractivity contribution in [3.8, 4) is 0 Å². The second-order valence-corrected chi connectivity index (χ2v) is 12.1. The lowest BCUT2D eigenvalue weighted by Gasteiger charge is -2.46. The van der Waals surface area contributed by atoms with Gasteiger partial charge < -0.3 is 9.80 Å². The van der Waals surface area contributed by atoms with Crippen LogP contribution in [-0.4, -0.2) is 70.0 Å². The molecule has 188 valence electrons. The van der Waals surface area contributed by atoms with E-state index in [2.05, 4.69) is 54.8 Å². The fraction of sp³-hybridized carbons (Fsp3) is 0.821. The molecule has 1 saturated carbocycles. The largest absolute Gasteiger partial charge is 0.342 e. The fourth-order valence-electron chi connectivity index (χ4n) is 7.11. The summed E-state index contributed by atoms with van der Waals surface area (Å²) in [6, 6.07) is 1.76. The summed E-state index contributed by atoms with van der Waals surface area (Å²) in [7, 11) is 0. The molecule has 1 amide bonds. The van der Waals surface area contributed by atoms with E-state index in [4.69, 9.17) is 9.97 Å². The number of anilines is 1. The van der Waals surface area contributed by atoms with Gasteiger partial charge in [0.15, 0.2) is 0 Å². The van der Waals surface area contributed by atoms with E-state index in [9.17, 15) is 4.79 Å². The van der Waals surface area contributed by atoms with Crippen molar-refractivity contribution in [3.63, 3.8) is 0 Å². The topological polar surface area (TPSA) is 52.6 Å². The van der Waals surface area contributed by atoms with Gasteiger partial charge in [-0.3, -0.25) is 9.69 Å². The molecule has 3 aliphatic heterocycles. The highest BCUT2D eigenvalue weighted by molar-refractivity contribution is 5.78. The van der Waals surface area contributed by atoms with Gasteiger partial charge >= 0.3 is 0 Å². The lowest BCUT2D eigenvalue weighted by atomic mass is 9.64. The van der Waals surface area contributed by atoms with Crippen LogP contribution in [0.4, 0.5) is 5.95 Å². The van der Waals surface area contributed by atoms with Crippen LogP contribution in [0.3, 0.4) is 0 Å². The van der Waals surface area contributed by atoms with Gasteiger partial charge in [0, 0.05) is 62.6 Å². The van der Waals surface area contributed by atoms with Crippen LogP contribution in [0.25, 0.3) is 0 Å². The molecule has 6 heteroatoms. The van der Waals surface area contributed by atoms with E-state index in [0.29, 0.717) is 35.4 Å². The van der Waals surface area contributed by atoms with Gasteiger partial charge in [-0.15, -0.1) is 0 Å². The predicted molar refractivity (Wildman–Crippen MR) is 137 cm³/mol. The summed E-state index contributed by atoms with van der Waals surface area (Å²) in [5.74, 6) is 2.07. The number of hydrogen-bond acceptors (Lipinski definition) is 5. The summed E-state index contributed by atoms with van der Waals surface area (Å²) in [6.07, 6.45) is 15.1. The molecule has 0 N–H and O–H groups in total. The van der Waals surface area contributed by atoms with Gasteiger partial charge in [-0.25, -0.2) is 9.97 Å². The van der Waals surface area contributed by atoms with Gasteiger partial charge in [0.2, 0.25) is 11.9 Å². The van der Waals surface area contributed by atoms with Crippen LogP contribution in [0, 0.1) is 11.3 Å². The van der Waals surface area contributed by atoms with Gasteiger partial charge in [-0.1, -0.05) is 13.8 Å². The maximum atomic E-state index is 12.6. The fourth-order valence-corrected chi connectivity index (χ4v) is 7.11. The average Bonchev–Trinajstić information content (AvgIpc) is 3.12. The summed E-state index contributed by atoms with van der Waals surface area (Å²) in [5.41, 5.74) is 1.79. The van der Waals surface area contributed by atoms with Crippen molar-refractivity contribution in [3.05, 3.63) is 18.0 Å². The maximum Gasteiger partial charge on any atom is 0.225 e. The first kappa shape index (κ1) is 24.0. The molecule has 3 saturated heterocycles. The molecule has 0 radical (unpaired) electrons. The molecule has 5 rings (SSSR count). The molecule has 6 nitrogen and oxygen atoms in total. The van der Waals surface area contributed by atoms with E-state index in [-0.39, 0.29) is 5.92 Å². The third kappa shape index (κ3) is 4.59. The maximum absolute atomic E-state index is 12.6. The van der Waals surface area contributed by atoms with Gasteiger partial charge in [-0.2, -0.15) is 0 Å². The van der Waals surface area contributed by atoms with Crippen molar-refractivity contribution < 1.29 is 4.79 Å². The van der Waals surface area contributed by atoms with Crippen molar-refractivity contribution in [2.24, 2.45) is 11.3 Å². The smallest absolute Gasteiger partial charge is 0.225 e. The quantitative estimate of drug-likeness (QED) is 0.620. The zero-order valence-corrected chi connectivity index (χ0v) is 21.9. The van der Waals surface area contributed by atoms with Crippen LogP contribution in [0.15, 0.2) is 12.4 Å². The van der Waals surface area contributed by atoms with E-state index in [1.807, 2.05) is 0 Å². The second kappa shape index (κ2) is 9.75. The Bertz CT molecular complexity index is 823. The van der Waals surface area contributed by atoms with Gasteiger partial charge in [0.25, 0.3) is 0 Å². The van der Waals surface area contributed by atoms with E-state index in [1.54, 1.807) is 0 Å². The highest BCUT2D eigenvalue weighted by atomic mass is 16.2.